The number of fused-ring (bicyclic) bond motifs is 1. The van der Waals surface area contributed by atoms with Crippen molar-refractivity contribution in [1.82, 2.24) is 24.9 Å². The second-order valence-electron chi connectivity index (χ2n) is 7.24. The minimum atomic E-state index is 0.177. The van der Waals surface area contributed by atoms with Crippen LogP contribution in [-0.2, 0) is 0 Å². The van der Waals surface area contributed by atoms with E-state index in [0.717, 1.165) is 40.8 Å². The molecule has 4 heterocycles. The third kappa shape index (κ3) is 2.50. The maximum absolute atomic E-state index is 6.24. The number of nitrogen functional groups attached to an aromatic ring is 1. The highest BCUT2D eigenvalue weighted by Crippen LogP contribution is 2.48. The van der Waals surface area contributed by atoms with Crippen LogP contribution in [0.15, 0.2) is 41.2 Å². The Hall–Kier alpha value is -3.22. The molecule has 1 aliphatic carbocycles. The second kappa shape index (κ2) is 5.90. The van der Waals surface area contributed by atoms with Gasteiger partial charge in [-0.15, -0.1) is 0 Å². The summed E-state index contributed by atoms with van der Waals surface area (Å²) in [6.07, 6.45) is 5.71. The molecule has 4 aromatic rings. The Bertz CT molecular complexity index is 1120. The number of nitrogens with zero attached hydrogens (tertiary/aromatic N) is 5. The van der Waals surface area contributed by atoms with E-state index in [-0.39, 0.29) is 6.04 Å². The normalized spacial score (nSPS) is 14.3. The van der Waals surface area contributed by atoms with E-state index in [1.54, 1.807) is 12.4 Å². The third-order valence-corrected chi connectivity index (χ3v) is 4.95. The van der Waals surface area contributed by atoms with E-state index in [2.05, 4.69) is 29.0 Å². The molecule has 0 saturated heterocycles. The van der Waals surface area contributed by atoms with Crippen LogP contribution in [0.5, 0.6) is 0 Å². The number of hydrogen-bond acceptors (Lipinski definition) is 6. The molecule has 0 aromatic carbocycles. The zero-order valence-corrected chi connectivity index (χ0v) is 15.3. The number of aromatic nitrogens is 5. The van der Waals surface area contributed by atoms with Crippen LogP contribution in [0, 0.1) is 0 Å². The molecular weight excluding hydrogens is 340 g/mol. The van der Waals surface area contributed by atoms with E-state index in [0.29, 0.717) is 23.1 Å². The first kappa shape index (κ1) is 16.0. The molecule has 136 valence electrons. The van der Waals surface area contributed by atoms with Crippen molar-refractivity contribution in [2.45, 2.75) is 38.6 Å². The number of nitrogens with two attached hydrogens (primary N) is 1. The maximum atomic E-state index is 6.24. The van der Waals surface area contributed by atoms with Crippen molar-refractivity contribution in [3.63, 3.8) is 0 Å². The summed E-state index contributed by atoms with van der Waals surface area (Å²) in [5, 5.41) is 10.1. The molecule has 1 aliphatic rings. The summed E-state index contributed by atoms with van der Waals surface area (Å²) in [4.78, 5) is 8.81. The Kier molecular flexibility index (Phi) is 3.50. The molecule has 0 unspecified atom stereocenters. The molecule has 0 radical (unpaired) electrons. The SMILES string of the molecule is CC(C)n1nc(-c2noc(C3CC3)c2-c2ccccn2)c2c(N)nccc21. The fraction of sp³-hybridized carbons (Fsp3) is 0.300. The standard InChI is InChI=1S/C20H20N6O/c1-11(2)26-14-8-10-23-20(21)16(14)17(24-26)18-15(13-5-3-4-9-22-13)19(27-25-18)12-6-7-12/h3-5,8-12H,6-7H2,1-2H3,(H2,21,23). The van der Waals surface area contributed by atoms with Gasteiger partial charge in [-0.3, -0.25) is 9.67 Å². The van der Waals surface area contributed by atoms with Gasteiger partial charge in [0, 0.05) is 24.4 Å². The zero-order chi connectivity index (χ0) is 18.5. The number of hydrogen-bond donors (Lipinski definition) is 1. The van der Waals surface area contributed by atoms with Crippen LogP contribution in [0.1, 0.15) is 44.4 Å². The summed E-state index contributed by atoms with van der Waals surface area (Å²) < 4.78 is 7.74. The average molecular weight is 360 g/mol. The quantitative estimate of drug-likeness (QED) is 0.586. The van der Waals surface area contributed by atoms with Crippen LogP contribution in [0.2, 0.25) is 0 Å². The van der Waals surface area contributed by atoms with Crippen LogP contribution in [0.4, 0.5) is 5.82 Å². The van der Waals surface area contributed by atoms with E-state index >= 15 is 0 Å². The van der Waals surface area contributed by atoms with Gasteiger partial charge in [-0.05, 0) is 44.9 Å². The van der Waals surface area contributed by atoms with E-state index in [9.17, 15) is 0 Å². The Labute approximate surface area is 156 Å². The van der Waals surface area contributed by atoms with Crippen molar-refractivity contribution >= 4 is 16.7 Å². The van der Waals surface area contributed by atoms with Gasteiger partial charge in [0.25, 0.3) is 0 Å². The summed E-state index contributed by atoms with van der Waals surface area (Å²) in [5.74, 6) is 1.73. The van der Waals surface area contributed by atoms with Crippen LogP contribution >= 0.6 is 0 Å². The lowest BCUT2D eigenvalue weighted by molar-refractivity contribution is 0.386. The van der Waals surface area contributed by atoms with Crippen LogP contribution in [0.25, 0.3) is 33.5 Å². The van der Waals surface area contributed by atoms with Crippen molar-refractivity contribution in [1.29, 1.82) is 0 Å². The van der Waals surface area contributed by atoms with Crippen molar-refractivity contribution in [3.8, 4) is 22.6 Å². The Morgan fingerprint density at radius 2 is 1.96 bits per heavy atom. The molecule has 0 atom stereocenters. The van der Waals surface area contributed by atoms with Crippen LogP contribution in [0.3, 0.4) is 0 Å². The summed E-state index contributed by atoms with van der Waals surface area (Å²) in [7, 11) is 0. The Morgan fingerprint density at radius 1 is 1.11 bits per heavy atom. The zero-order valence-electron chi connectivity index (χ0n) is 15.3. The highest BCUT2D eigenvalue weighted by Gasteiger charge is 2.35. The summed E-state index contributed by atoms with van der Waals surface area (Å²) in [5.41, 5.74) is 10.3. The van der Waals surface area contributed by atoms with Crippen LogP contribution < -0.4 is 5.73 Å². The molecule has 1 fully saturated rings. The molecule has 0 amide bonds. The number of anilines is 1. The first-order chi connectivity index (χ1) is 13.1. The lowest BCUT2D eigenvalue weighted by Crippen LogP contribution is -2.02. The first-order valence-electron chi connectivity index (χ1n) is 9.19. The minimum Gasteiger partial charge on any atom is -0.383 e. The topological polar surface area (TPSA) is 95.7 Å². The van der Waals surface area contributed by atoms with Gasteiger partial charge >= 0.3 is 0 Å². The van der Waals surface area contributed by atoms with Gasteiger partial charge in [0.05, 0.1) is 22.2 Å². The van der Waals surface area contributed by atoms with E-state index in [1.807, 2.05) is 28.9 Å². The molecule has 5 rings (SSSR count). The van der Waals surface area contributed by atoms with Gasteiger partial charge in [0.1, 0.15) is 23.0 Å². The molecule has 0 bridgehead atoms. The largest absolute Gasteiger partial charge is 0.383 e. The predicted octanol–water partition coefficient (Wildman–Crippen LogP) is 4.19. The minimum absolute atomic E-state index is 0.177. The summed E-state index contributed by atoms with van der Waals surface area (Å²) in [6.45, 7) is 4.18. The highest BCUT2D eigenvalue weighted by molar-refractivity contribution is 6.02. The second-order valence-corrected chi connectivity index (χ2v) is 7.24. The maximum Gasteiger partial charge on any atom is 0.149 e. The van der Waals surface area contributed by atoms with Crippen molar-refractivity contribution in [2.24, 2.45) is 0 Å². The number of rotatable bonds is 4. The van der Waals surface area contributed by atoms with Gasteiger partial charge < -0.3 is 10.3 Å². The van der Waals surface area contributed by atoms with Crippen LogP contribution in [-0.4, -0.2) is 24.9 Å². The molecular formula is C20H20N6O. The molecule has 7 nitrogen and oxygen atoms in total. The molecule has 2 N–H and O–H groups in total. The molecule has 4 aromatic heterocycles. The van der Waals surface area contributed by atoms with Crippen molar-refractivity contribution < 1.29 is 4.52 Å². The van der Waals surface area contributed by atoms with Crippen molar-refractivity contribution in [2.75, 3.05) is 5.73 Å². The Balaban J connectivity index is 1.82. The fourth-order valence-corrected chi connectivity index (χ4v) is 3.52. The lowest BCUT2D eigenvalue weighted by atomic mass is 10.0. The van der Waals surface area contributed by atoms with E-state index in [1.165, 1.54) is 0 Å². The van der Waals surface area contributed by atoms with Gasteiger partial charge in [-0.2, -0.15) is 5.10 Å². The predicted molar refractivity (Wildman–Crippen MR) is 103 cm³/mol. The molecule has 7 heteroatoms. The summed E-state index contributed by atoms with van der Waals surface area (Å²) in [6, 6.07) is 7.96. The summed E-state index contributed by atoms with van der Waals surface area (Å²) >= 11 is 0. The van der Waals surface area contributed by atoms with Gasteiger partial charge in [0.2, 0.25) is 0 Å². The van der Waals surface area contributed by atoms with E-state index in [4.69, 9.17) is 15.4 Å². The lowest BCUT2D eigenvalue weighted by Gasteiger charge is -2.06. The van der Waals surface area contributed by atoms with E-state index < -0.39 is 0 Å². The van der Waals surface area contributed by atoms with Gasteiger partial charge in [-0.1, -0.05) is 11.2 Å². The highest BCUT2D eigenvalue weighted by atomic mass is 16.5. The fourth-order valence-electron chi connectivity index (χ4n) is 3.52. The van der Waals surface area contributed by atoms with Gasteiger partial charge in [0.15, 0.2) is 0 Å². The number of pyridine rings is 2. The molecule has 0 aliphatic heterocycles. The van der Waals surface area contributed by atoms with Crippen molar-refractivity contribution in [3.05, 3.63) is 42.4 Å². The molecule has 1 saturated carbocycles. The van der Waals surface area contributed by atoms with Gasteiger partial charge in [-0.25, -0.2) is 4.98 Å². The monoisotopic (exact) mass is 360 g/mol. The smallest absolute Gasteiger partial charge is 0.149 e. The molecule has 27 heavy (non-hydrogen) atoms. The first-order valence-corrected chi connectivity index (χ1v) is 9.19. The molecule has 0 spiro atoms. The average Bonchev–Trinajstić information content (AvgIpc) is 3.29. The third-order valence-electron chi connectivity index (χ3n) is 4.95. The Morgan fingerprint density at radius 3 is 2.67 bits per heavy atom.